The van der Waals surface area contributed by atoms with Gasteiger partial charge in [0.2, 0.25) is 23.6 Å². The SMILES string of the molecule is C=C1C(=O)N[C@@H](C)C(=O)N(C)[C@@H](C)C(=O)N[C@@H]([C@H](OC(=O)[C@@H](CC(=O)CC)[C@H](OC(C)(C)C)C(C)C)C(C)C)C(=O)N(C)[C@@H]([C@@H](C)OC)C(=O)O[C@H](C)[C@H](NC(C)=O)C(=O)O[C@H](Cc2ccccc2)C(=O)N1C. The number of benzene rings is 1. The first-order valence-electron chi connectivity index (χ1n) is 24.6. The van der Waals surface area contributed by atoms with Crippen molar-refractivity contribution in [2.75, 3.05) is 28.3 Å². The summed E-state index contributed by atoms with van der Waals surface area (Å²) in [5, 5.41) is 7.54. The Morgan fingerprint density at radius 2 is 1.41 bits per heavy atom. The number of hydrogen-bond acceptors (Lipinski definition) is 15. The highest BCUT2D eigenvalue weighted by molar-refractivity contribution is 6.01. The monoisotopic (exact) mass is 1030 g/mol. The fraction of sp³-hybridized carbons (Fsp3) is 0.654. The maximum Gasteiger partial charge on any atom is 0.333 e. The van der Waals surface area contributed by atoms with Gasteiger partial charge < -0.3 is 54.3 Å². The predicted molar refractivity (Wildman–Crippen MR) is 267 cm³/mol. The molecule has 21 heteroatoms. The minimum Gasteiger partial charge on any atom is -0.459 e. The van der Waals surface area contributed by atoms with Crippen molar-refractivity contribution in [3.8, 4) is 0 Å². The summed E-state index contributed by atoms with van der Waals surface area (Å²) in [6, 6.07) is 0.490. The van der Waals surface area contributed by atoms with E-state index in [0.717, 1.165) is 21.6 Å². The molecular weight excluding hydrogens is 949 g/mol. The van der Waals surface area contributed by atoms with Gasteiger partial charge >= 0.3 is 17.9 Å². The van der Waals surface area contributed by atoms with Gasteiger partial charge in [-0.15, -0.1) is 0 Å². The van der Waals surface area contributed by atoms with Gasteiger partial charge in [-0.2, -0.15) is 0 Å². The molecule has 1 aromatic rings. The van der Waals surface area contributed by atoms with Gasteiger partial charge in [-0.1, -0.05) is 71.5 Å². The normalized spacial score (nSPS) is 24.6. The van der Waals surface area contributed by atoms with E-state index in [4.69, 9.17) is 23.7 Å². The summed E-state index contributed by atoms with van der Waals surface area (Å²) in [6.45, 7) is 24.2. The van der Waals surface area contributed by atoms with E-state index in [0.29, 0.717) is 5.56 Å². The molecule has 0 radical (unpaired) electrons. The number of likely N-dealkylation sites (N-methyl/N-ethyl adjacent to an activating group) is 3. The molecule has 0 unspecified atom stereocenters. The Hall–Kier alpha value is -6.22. The summed E-state index contributed by atoms with van der Waals surface area (Å²) in [5.74, 6) is -11.1. The van der Waals surface area contributed by atoms with Crippen LogP contribution in [0.3, 0.4) is 0 Å². The highest BCUT2D eigenvalue weighted by atomic mass is 16.6. The number of esters is 3. The Bertz CT molecular complexity index is 2160. The van der Waals surface area contributed by atoms with Crippen molar-refractivity contribution in [2.24, 2.45) is 17.8 Å². The van der Waals surface area contributed by atoms with Crippen LogP contribution in [-0.2, 0) is 78.1 Å². The molecule has 1 aromatic carbocycles. The fourth-order valence-corrected chi connectivity index (χ4v) is 7.98. The topological polar surface area (TPSA) is 263 Å². The molecule has 0 aliphatic carbocycles. The molecule has 1 fully saturated rings. The summed E-state index contributed by atoms with van der Waals surface area (Å²) >= 11 is 0. The number of Topliss-reactive ketones (excluding diaryl/α,β-unsaturated/α-hetero) is 1. The smallest absolute Gasteiger partial charge is 0.333 e. The average molecular weight is 1030 g/mol. The average Bonchev–Trinajstić information content (AvgIpc) is 3.32. The molecule has 1 aliphatic heterocycles. The Morgan fingerprint density at radius 1 is 0.822 bits per heavy atom. The second-order valence-corrected chi connectivity index (χ2v) is 20.2. The third-order valence-corrected chi connectivity index (χ3v) is 12.5. The zero-order valence-electron chi connectivity index (χ0n) is 45.7. The van der Waals surface area contributed by atoms with E-state index in [9.17, 15) is 43.2 Å². The minimum absolute atomic E-state index is 0.104. The minimum atomic E-state index is -1.80. The summed E-state index contributed by atoms with van der Waals surface area (Å²) in [5.41, 5.74) is -0.688. The molecule has 73 heavy (non-hydrogen) atoms. The molecule has 21 nitrogen and oxygen atoms in total. The van der Waals surface area contributed by atoms with Crippen LogP contribution in [-0.4, -0.2) is 168 Å². The standard InChI is InChI=1S/C52H80N6O15/c1-19-36(60)26-37(42(27(2)3)73-52(12,13)14)49(66)72-43(28(4)5)40-48(65)58(17)41(33(10)69-18)51(68)70-32(9)39(54-34(11)59)50(67)71-38(25-35-23-21-20-22-24-35)47(64)57(16)30(7)44(61)53-29(6)46(63)56(15)31(8)45(62)55-40/h20-24,27-29,31-33,37-43H,7,19,25-26H2,1-6,8-18H3,(H,53,61)(H,54,59)(H,55,62)/t29-,31-,32+,33+,37-,38+,39-,40-,41-,42+,43+/m0/s1. The molecule has 408 valence electrons. The van der Waals surface area contributed by atoms with Crippen LogP contribution in [0.4, 0.5) is 0 Å². The first-order valence-corrected chi connectivity index (χ1v) is 24.6. The van der Waals surface area contributed by atoms with Crippen molar-refractivity contribution in [3.05, 3.63) is 48.2 Å². The Kier molecular flexibility index (Phi) is 23.9. The molecular formula is C52H80N6O15. The van der Waals surface area contributed by atoms with Crippen LogP contribution in [0.1, 0.15) is 108 Å². The molecule has 0 aromatic heterocycles. The molecule has 1 aliphatic rings. The zero-order chi connectivity index (χ0) is 56.0. The third kappa shape index (κ3) is 17.8. The third-order valence-electron chi connectivity index (χ3n) is 12.5. The van der Waals surface area contributed by atoms with Gasteiger partial charge in [-0.05, 0) is 65.9 Å². The van der Waals surface area contributed by atoms with E-state index in [2.05, 4.69) is 22.5 Å². The molecule has 0 bridgehead atoms. The lowest BCUT2D eigenvalue weighted by molar-refractivity contribution is -0.178. The van der Waals surface area contributed by atoms with Crippen LogP contribution >= 0.6 is 0 Å². The van der Waals surface area contributed by atoms with Crippen molar-refractivity contribution >= 4 is 59.1 Å². The van der Waals surface area contributed by atoms with Gasteiger partial charge in [0.25, 0.3) is 11.8 Å². The number of ether oxygens (including phenoxy) is 5. The summed E-state index contributed by atoms with van der Waals surface area (Å²) in [7, 11) is 4.96. The Balaban J connectivity index is 2.94. The molecule has 11 atom stereocenters. The zero-order valence-corrected chi connectivity index (χ0v) is 45.7. The van der Waals surface area contributed by atoms with E-state index >= 15 is 4.79 Å². The Labute approximate surface area is 430 Å². The van der Waals surface area contributed by atoms with Crippen LogP contribution in [0.25, 0.3) is 0 Å². The summed E-state index contributed by atoms with van der Waals surface area (Å²) in [4.78, 5) is 143. The lowest BCUT2D eigenvalue weighted by Crippen LogP contribution is -2.63. The largest absolute Gasteiger partial charge is 0.459 e. The number of carbonyl (C=O) groups excluding carboxylic acids is 10. The first kappa shape index (κ1) is 62.9. The fourth-order valence-electron chi connectivity index (χ4n) is 7.98. The van der Waals surface area contributed by atoms with Crippen molar-refractivity contribution in [2.45, 2.75) is 176 Å². The lowest BCUT2D eigenvalue weighted by Gasteiger charge is -2.39. The highest BCUT2D eigenvalue weighted by Crippen LogP contribution is 2.29. The first-order chi connectivity index (χ1) is 33.8. The number of rotatable bonds is 15. The van der Waals surface area contributed by atoms with Crippen LogP contribution in [0, 0.1) is 17.8 Å². The van der Waals surface area contributed by atoms with Gasteiger partial charge in [0.05, 0.1) is 23.7 Å². The van der Waals surface area contributed by atoms with Gasteiger partial charge in [-0.3, -0.25) is 38.4 Å². The molecule has 1 heterocycles. The van der Waals surface area contributed by atoms with E-state index in [1.807, 2.05) is 13.8 Å². The number of carbonyl (C=O) groups is 10. The molecule has 1 saturated heterocycles. The quantitative estimate of drug-likeness (QED) is 0.130. The van der Waals surface area contributed by atoms with E-state index < -0.39 is 137 Å². The van der Waals surface area contributed by atoms with Crippen molar-refractivity contribution in [1.82, 2.24) is 30.7 Å². The van der Waals surface area contributed by atoms with Crippen molar-refractivity contribution in [3.63, 3.8) is 0 Å². The lowest BCUT2D eigenvalue weighted by atomic mass is 9.87. The van der Waals surface area contributed by atoms with Gasteiger partial charge in [0.15, 0.2) is 18.2 Å². The highest BCUT2D eigenvalue weighted by Gasteiger charge is 2.46. The number of hydrogen-bond donors (Lipinski definition) is 3. The van der Waals surface area contributed by atoms with Gasteiger partial charge in [0.1, 0.15) is 41.8 Å². The molecule has 0 saturated carbocycles. The second-order valence-electron chi connectivity index (χ2n) is 20.2. The van der Waals surface area contributed by atoms with Crippen molar-refractivity contribution in [1.29, 1.82) is 0 Å². The number of nitrogens with zero attached hydrogens (tertiary/aromatic N) is 3. The molecule has 2 rings (SSSR count). The van der Waals surface area contributed by atoms with E-state index in [1.54, 1.807) is 71.9 Å². The number of nitrogens with one attached hydrogen (secondary N) is 3. The second kappa shape index (κ2) is 27.7. The molecule has 3 N–H and O–H groups in total. The van der Waals surface area contributed by atoms with Gasteiger partial charge in [-0.25, -0.2) is 9.59 Å². The maximum absolute atomic E-state index is 15.2. The van der Waals surface area contributed by atoms with Crippen LogP contribution in [0.15, 0.2) is 42.6 Å². The number of cyclic esters (lactones) is 2. The van der Waals surface area contributed by atoms with Crippen LogP contribution in [0.2, 0.25) is 0 Å². The van der Waals surface area contributed by atoms with Crippen molar-refractivity contribution < 1.29 is 71.6 Å². The predicted octanol–water partition coefficient (Wildman–Crippen LogP) is 2.65. The molecule has 6 amide bonds. The van der Waals surface area contributed by atoms with E-state index in [1.165, 1.54) is 55.9 Å². The Morgan fingerprint density at radius 3 is 1.92 bits per heavy atom. The number of methoxy groups -OCH3 is 1. The number of ketones is 1. The van der Waals surface area contributed by atoms with Crippen LogP contribution < -0.4 is 16.0 Å². The summed E-state index contributed by atoms with van der Waals surface area (Å²) < 4.78 is 29.8. The maximum atomic E-state index is 15.2. The van der Waals surface area contributed by atoms with Gasteiger partial charge in [0, 0.05) is 54.4 Å². The molecule has 0 spiro atoms. The van der Waals surface area contributed by atoms with Crippen LogP contribution in [0.5, 0.6) is 0 Å². The summed E-state index contributed by atoms with van der Waals surface area (Å²) in [6.07, 6.45) is -7.09. The van der Waals surface area contributed by atoms with E-state index in [-0.39, 0.29) is 31.0 Å². The number of amides is 6.